The standard InChI is InChI=1S/C42H44N10O7S/c1-60(58,59)30-16-10-27(11-17-30)33-8-5-9-35-46-42(48-52(33)35)45-28-12-14-29(15-13-28)50-24-22-49(23-25-50)26-37(54)44-21-3-2-20-43-32-7-4-6-31-38(32)41(57)51(40(31)56)34-18-19-36(53)47-39(34)55/h4-17,34,43H,2-3,18-26H2,1H3,(H,44,54)(H,45,48)(H,47,53,55). The van der Waals surface area contributed by atoms with Gasteiger partial charge in [-0.2, -0.15) is 4.98 Å². The van der Waals surface area contributed by atoms with Crippen molar-refractivity contribution in [3.05, 3.63) is 96.1 Å². The summed E-state index contributed by atoms with van der Waals surface area (Å²) in [5.74, 6) is -1.78. The van der Waals surface area contributed by atoms with Crippen molar-refractivity contribution in [3.8, 4) is 11.3 Å². The number of sulfone groups is 1. The largest absolute Gasteiger partial charge is 0.384 e. The maximum Gasteiger partial charge on any atom is 0.264 e. The molecule has 0 bridgehead atoms. The van der Waals surface area contributed by atoms with Crippen molar-refractivity contribution in [3.63, 3.8) is 0 Å². The monoisotopic (exact) mass is 832 g/mol. The molecule has 5 aromatic rings. The fraction of sp³-hybridized carbons (Fsp3) is 0.310. The molecule has 0 aliphatic carbocycles. The van der Waals surface area contributed by atoms with Crippen molar-refractivity contribution in [2.75, 3.05) is 67.6 Å². The Morgan fingerprint density at radius 3 is 2.32 bits per heavy atom. The molecule has 5 amide bonds. The van der Waals surface area contributed by atoms with Gasteiger partial charge in [0.05, 0.1) is 28.3 Å². The Kier molecular flexibility index (Phi) is 11.3. The van der Waals surface area contributed by atoms with Crippen molar-refractivity contribution in [2.45, 2.75) is 36.6 Å². The van der Waals surface area contributed by atoms with Gasteiger partial charge in [0.15, 0.2) is 15.5 Å². The average molecular weight is 833 g/mol. The first-order valence-electron chi connectivity index (χ1n) is 19.8. The minimum Gasteiger partial charge on any atom is -0.384 e. The third-order valence-corrected chi connectivity index (χ3v) is 12.0. The third-order valence-electron chi connectivity index (χ3n) is 10.9. The summed E-state index contributed by atoms with van der Waals surface area (Å²) < 4.78 is 25.5. The number of amides is 5. The van der Waals surface area contributed by atoms with E-state index >= 15 is 0 Å². The molecule has 1 atom stereocenters. The predicted molar refractivity (Wildman–Crippen MR) is 224 cm³/mol. The quantitative estimate of drug-likeness (QED) is 0.0939. The summed E-state index contributed by atoms with van der Waals surface area (Å²) in [6, 6.07) is 24.3. The Labute approximate surface area is 346 Å². The molecule has 8 rings (SSSR count). The zero-order valence-corrected chi connectivity index (χ0v) is 33.7. The topological polar surface area (TPSA) is 208 Å². The fourth-order valence-electron chi connectivity index (χ4n) is 7.72. The molecule has 3 aliphatic rings. The summed E-state index contributed by atoms with van der Waals surface area (Å²) in [4.78, 5) is 73.4. The summed E-state index contributed by atoms with van der Waals surface area (Å²) in [7, 11) is -3.30. The van der Waals surface area contributed by atoms with Gasteiger partial charge < -0.3 is 20.9 Å². The first-order valence-corrected chi connectivity index (χ1v) is 21.7. The number of unbranched alkanes of at least 4 members (excludes halogenated alkanes) is 1. The smallest absolute Gasteiger partial charge is 0.264 e. The number of benzene rings is 3. The maximum atomic E-state index is 13.3. The highest BCUT2D eigenvalue weighted by Crippen LogP contribution is 2.32. The van der Waals surface area contributed by atoms with Gasteiger partial charge in [-0.05, 0) is 79.9 Å². The van der Waals surface area contributed by atoms with Crippen LogP contribution in [0.1, 0.15) is 46.4 Å². The summed E-state index contributed by atoms with van der Waals surface area (Å²) in [5, 5.41) is 16.4. The van der Waals surface area contributed by atoms with E-state index in [0.717, 1.165) is 53.7 Å². The van der Waals surface area contributed by atoms with Gasteiger partial charge in [0, 0.05) is 74.6 Å². The lowest BCUT2D eigenvalue weighted by molar-refractivity contribution is -0.136. The number of piperazine rings is 1. The molecule has 17 nitrogen and oxygen atoms in total. The average Bonchev–Trinajstić information content (AvgIpc) is 3.76. The van der Waals surface area contributed by atoms with Gasteiger partial charge >= 0.3 is 0 Å². The van der Waals surface area contributed by atoms with Crippen LogP contribution in [0.3, 0.4) is 0 Å². The van der Waals surface area contributed by atoms with Crippen LogP contribution in [0.15, 0.2) is 89.8 Å². The number of carbonyl (C=O) groups is 5. The molecule has 2 aromatic heterocycles. The van der Waals surface area contributed by atoms with Crippen LogP contribution < -0.4 is 26.2 Å². The lowest BCUT2D eigenvalue weighted by Gasteiger charge is -2.35. The summed E-state index contributed by atoms with van der Waals surface area (Å²) in [5.41, 5.74) is 5.09. The number of imide groups is 2. The first-order chi connectivity index (χ1) is 28.9. The van der Waals surface area contributed by atoms with Crippen molar-refractivity contribution in [1.29, 1.82) is 0 Å². The van der Waals surface area contributed by atoms with Crippen LogP contribution in [0.25, 0.3) is 16.9 Å². The fourth-order valence-corrected chi connectivity index (χ4v) is 8.35. The number of rotatable bonds is 14. The van der Waals surface area contributed by atoms with Gasteiger partial charge in [0.2, 0.25) is 23.7 Å². The second-order valence-corrected chi connectivity index (χ2v) is 17.0. The molecule has 310 valence electrons. The SMILES string of the molecule is CS(=O)(=O)c1ccc(-c2cccc3nc(Nc4ccc(N5CCN(CC(=O)NCCCCNc6cccc7c6C(=O)N(C6CCC(=O)NC6=O)C7=O)CC5)cc4)nn23)cc1. The van der Waals surface area contributed by atoms with E-state index in [2.05, 4.69) is 41.1 Å². The first kappa shape index (κ1) is 40.1. The molecule has 18 heteroatoms. The van der Waals surface area contributed by atoms with E-state index in [0.29, 0.717) is 49.8 Å². The highest BCUT2D eigenvalue weighted by molar-refractivity contribution is 7.90. The molecular formula is C42H44N10O7S. The number of anilines is 4. The van der Waals surface area contributed by atoms with E-state index < -0.39 is 39.5 Å². The summed E-state index contributed by atoms with van der Waals surface area (Å²) >= 11 is 0. The zero-order chi connectivity index (χ0) is 42.0. The van der Waals surface area contributed by atoms with Crippen LogP contribution in [-0.4, -0.2) is 120 Å². The summed E-state index contributed by atoms with van der Waals surface area (Å²) in [6.07, 6.45) is 2.75. The molecule has 3 aliphatic heterocycles. The minimum absolute atomic E-state index is 0.0390. The molecule has 0 spiro atoms. The molecule has 1 unspecified atom stereocenters. The van der Waals surface area contributed by atoms with Crippen molar-refractivity contribution < 1.29 is 32.4 Å². The van der Waals surface area contributed by atoms with Crippen molar-refractivity contribution in [2.24, 2.45) is 0 Å². The lowest BCUT2D eigenvalue weighted by Crippen LogP contribution is -2.54. The van der Waals surface area contributed by atoms with Crippen molar-refractivity contribution >= 4 is 68.0 Å². The van der Waals surface area contributed by atoms with E-state index in [9.17, 15) is 32.4 Å². The molecule has 3 aromatic carbocycles. The molecule has 4 N–H and O–H groups in total. The second kappa shape index (κ2) is 16.9. The number of fused-ring (bicyclic) bond motifs is 2. The Balaban J connectivity index is 0.752. The van der Waals surface area contributed by atoms with Gasteiger partial charge in [-0.25, -0.2) is 12.9 Å². The van der Waals surface area contributed by atoms with E-state index in [1.807, 2.05) is 42.5 Å². The number of pyridine rings is 1. The van der Waals surface area contributed by atoms with Crippen LogP contribution in [0.5, 0.6) is 0 Å². The summed E-state index contributed by atoms with van der Waals surface area (Å²) in [6.45, 7) is 4.35. The van der Waals surface area contributed by atoms with Gasteiger partial charge in [0.25, 0.3) is 11.8 Å². The third kappa shape index (κ3) is 8.55. The van der Waals surface area contributed by atoms with Gasteiger partial charge in [-0.15, -0.1) is 5.10 Å². The number of nitrogens with one attached hydrogen (secondary N) is 4. The highest BCUT2D eigenvalue weighted by Gasteiger charge is 2.45. The molecular weight excluding hydrogens is 789 g/mol. The van der Waals surface area contributed by atoms with Gasteiger partial charge in [-0.1, -0.05) is 24.3 Å². The Morgan fingerprint density at radius 2 is 1.58 bits per heavy atom. The number of piperidine rings is 1. The predicted octanol–water partition coefficient (Wildman–Crippen LogP) is 3.08. The van der Waals surface area contributed by atoms with Crippen molar-refractivity contribution in [1.82, 2.24) is 35.0 Å². The Bertz CT molecular complexity index is 2590. The van der Waals surface area contributed by atoms with Crippen LogP contribution in [0, 0.1) is 0 Å². The van der Waals surface area contributed by atoms with E-state index in [1.54, 1.807) is 47.0 Å². The molecule has 60 heavy (non-hydrogen) atoms. The normalized spacial score (nSPS) is 17.2. The molecule has 2 fully saturated rings. The van der Waals surface area contributed by atoms with E-state index in [-0.39, 0.29) is 34.8 Å². The maximum absolute atomic E-state index is 13.3. The van der Waals surface area contributed by atoms with Gasteiger partial charge in [-0.3, -0.25) is 39.1 Å². The Hall–Kier alpha value is -6.66. The van der Waals surface area contributed by atoms with Crippen LogP contribution in [0.4, 0.5) is 23.0 Å². The minimum atomic E-state index is -3.30. The van der Waals surface area contributed by atoms with E-state index in [1.165, 1.54) is 6.26 Å². The lowest BCUT2D eigenvalue weighted by atomic mass is 10.0. The van der Waals surface area contributed by atoms with Crippen LogP contribution >= 0.6 is 0 Å². The molecule has 0 saturated carbocycles. The highest BCUT2D eigenvalue weighted by atomic mass is 32.2. The molecule has 2 saturated heterocycles. The molecule has 0 radical (unpaired) electrons. The Morgan fingerprint density at radius 1 is 0.850 bits per heavy atom. The number of carbonyl (C=O) groups excluding carboxylic acids is 5. The zero-order valence-electron chi connectivity index (χ0n) is 32.9. The molecule has 5 heterocycles. The number of hydrogen-bond acceptors (Lipinski definition) is 13. The number of aromatic nitrogens is 3. The van der Waals surface area contributed by atoms with Crippen LogP contribution in [-0.2, 0) is 24.2 Å². The van der Waals surface area contributed by atoms with Crippen LogP contribution in [0.2, 0.25) is 0 Å². The number of nitrogens with zero attached hydrogens (tertiary/aromatic N) is 6. The second-order valence-electron chi connectivity index (χ2n) is 15.0. The number of hydrogen-bond donors (Lipinski definition) is 4. The van der Waals surface area contributed by atoms with E-state index in [4.69, 9.17) is 0 Å². The van der Waals surface area contributed by atoms with Gasteiger partial charge in [0.1, 0.15) is 6.04 Å².